The number of anilines is 3. The van der Waals surface area contributed by atoms with Crippen molar-refractivity contribution in [2.45, 2.75) is 0 Å². The molecule has 0 fully saturated rings. The highest BCUT2D eigenvalue weighted by Gasteiger charge is 2.13. The molecular weight excluding hydrogens is 266 g/mol. The van der Waals surface area contributed by atoms with Gasteiger partial charge >= 0.3 is 5.97 Å². The van der Waals surface area contributed by atoms with Crippen LogP contribution in [0.1, 0.15) is 10.4 Å². The van der Waals surface area contributed by atoms with E-state index in [0.29, 0.717) is 17.1 Å². The van der Waals surface area contributed by atoms with Gasteiger partial charge in [-0.2, -0.15) is 0 Å². The average molecular weight is 278 g/mol. The molecule has 0 heterocycles. The third kappa shape index (κ3) is 2.85. The van der Waals surface area contributed by atoms with Crippen molar-refractivity contribution in [2.75, 3.05) is 18.2 Å². The molecule has 2 aromatic rings. The lowest BCUT2D eigenvalue weighted by atomic mass is 10.1. The van der Waals surface area contributed by atoms with Gasteiger partial charge in [0, 0.05) is 17.4 Å². The van der Waals surface area contributed by atoms with E-state index < -0.39 is 17.6 Å². The zero-order valence-corrected chi connectivity index (χ0v) is 10.6. The quantitative estimate of drug-likeness (QED) is 0.669. The van der Waals surface area contributed by atoms with Crippen molar-refractivity contribution in [1.82, 2.24) is 0 Å². The predicted octanol–water partition coefficient (Wildman–Crippen LogP) is 3.08. The lowest BCUT2D eigenvalue weighted by Gasteiger charge is -2.11. The van der Waals surface area contributed by atoms with Crippen molar-refractivity contribution < 1.29 is 18.3 Å². The number of esters is 1. The average Bonchev–Trinajstić information content (AvgIpc) is 2.44. The zero-order chi connectivity index (χ0) is 14.7. The second-order valence-corrected chi connectivity index (χ2v) is 4.05. The normalized spacial score (nSPS) is 10.2. The summed E-state index contributed by atoms with van der Waals surface area (Å²) in [5.41, 5.74) is 6.90. The smallest absolute Gasteiger partial charge is 0.340 e. The van der Waals surface area contributed by atoms with Crippen molar-refractivity contribution in [1.29, 1.82) is 0 Å². The van der Waals surface area contributed by atoms with Gasteiger partial charge in [0.2, 0.25) is 0 Å². The standard InChI is InChI=1S/C14H12F2N2O2/c1-20-14(19)10-6-8(17)2-5-13(10)18-9-3-4-11(15)12(16)7-9/h2-7,18H,17H2,1H3. The highest BCUT2D eigenvalue weighted by molar-refractivity contribution is 5.97. The number of halogens is 2. The number of rotatable bonds is 3. The van der Waals surface area contributed by atoms with Gasteiger partial charge < -0.3 is 15.8 Å². The van der Waals surface area contributed by atoms with Crippen molar-refractivity contribution >= 4 is 23.0 Å². The minimum absolute atomic E-state index is 0.206. The maximum absolute atomic E-state index is 13.1. The highest BCUT2D eigenvalue weighted by atomic mass is 19.2. The lowest BCUT2D eigenvalue weighted by Crippen LogP contribution is -2.06. The molecule has 0 amide bonds. The van der Waals surface area contributed by atoms with Gasteiger partial charge in [-0.1, -0.05) is 0 Å². The Bertz CT molecular complexity index is 660. The van der Waals surface area contributed by atoms with Crippen LogP contribution in [0.4, 0.5) is 25.8 Å². The molecule has 4 nitrogen and oxygen atoms in total. The molecule has 0 saturated heterocycles. The molecule has 0 aliphatic carbocycles. The summed E-state index contributed by atoms with van der Waals surface area (Å²) in [4.78, 5) is 11.6. The Kier molecular flexibility index (Phi) is 3.84. The summed E-state index contributed by atoms with van der Waals surface area (Å²) in [6.07, 6.45) is 0. The number of ether oxygens (including phenoxy) is 1. The first kappa shape index (κ1) is 13.8. The number of carbonyl (C=O) groups is 1. The minimum atomic E-state index is -0.981. The number of nitrogens with one attached hydrogen (secondary N) is 1. The highest BCUT2D eigenvalue weighted by Crippen LogP contribution is 2.24. The van der Waals surface area contributed by atoms with Crippen LogP contribution in [0.25, 0.3) is 0 Å². The number of benzene rings is 2. The Hall–Kier alpha value is -2.63. The Labute approximate surface area is 114 Å². The first-order valence-corrected chi connectivity index (χ1v) is 5.71. The number of hydrogen-bond donors (Lipinski definition) is 2. The van der Waals surface area contributed by atoms with E-state index in [1.807, 2.05) is 0 Å². The van der Waals surface area contributed by atoms with Crippen LogP contribution in [0.2, 0.25) is 0 Å². The Balaban J connectivity index is 2.37. The summed E-state index contributed by atoms with van der Waals surface area (Å²) in [5, 5.41) is 2.82. The number of nitrogens with two attached hydrogens (primary N) is 1. The third-order valence-corrected chi connectivity index (χ3v) is 2.65. The van der Waals surface area contributed by atoms with Gasteiger partial charge in [0.15, 0.2) is 11.6 Å². The van der Waals surface area contributed by atoms with E-state index in [1.54, 1.807) is 12.1 Å². The molecule has 2 aromatic carbocycles. The summed E-state index contributed by atoms with van der Waals surface area (Å²) < 4.78 is 30.6. The molecule has 20 heavy (non-hydrogen) atoms. The van der Waals surface area contributed by atoms with Gasteiger partial charge in [0.05, 0.1) is 18.4 Å². The molecule has 3 N–H and O–H groups in total. The molecule has 0 aliphatic rings. The van der Waals surface area contributed by atoms with E-state index in [0.717, 1.165) is 12.1 Å². The van der Waals surface area contributed by atoms with E-state index in [9.17, 15) is 13.6 Å². The number of nitrogen functional groups attached to an aromatic ring is 1. The van der Waals surface area contributed by atoms with Gasteiger partial charge in [0.25, 0.3) is 0 Å². The van der Waals surface area contributed by atoms with Crippen LogP contribution >= 0.6 is 0 Å². The maximum atomic E-state index is 13.1. The molecular formula is C14H12F2N2O2. The fourth-order valence-corrected chi connectivity index (χ4v) is 1.68. The molecule has 2 rings (SSSR count). The van der Waals surface area contributed by atoms with E-state index in [1.165, 1.54) is 19.2 Å². The number of methoxy groups -OCH3 is 1. The number of hydrogen-bond acceptors (Lipinski definition) is 4. The Morgan fingerprint density at radius 3 is 2.55 bits per heavy atom. The van der Waals surface area contributed by atoms with Crippen LogP contribution in [0.5, 0.6) is 0 Å². The molecule has 0 unspecified atom stereocenters. The summed E-state index contributed by atoms with van der Waals surface area (Å²) >= 11 is 0. The third-order valence-electron chi connectivity index (χ3n) is 2.65. The molecule has 0 atom stereocenters. The molecule has 0 spiro atoms. The summed E-state index contributed by atoms with van der Waals surface area (Å²) in [7, 11) is 1.24. The van der Waals surface area contributed by atoms with Crippen LogP contribution in [-0.4, -0.2) is 13.1 Å². The SMILES string of the molecule is COC(=O)c1cc(N)ccc1Nc1ccc(F)c(F)c1. The first-order valence-electron chi connectivity index (χ1n) is 5.71. The van der Waals surface area contributed by atoms with E-state index >= 15 is 0 Å². The van der Waals surface area contributed by atoms with Crippen molar-refractivity contribution in [3.05, 3.63) is 53.6 Å². The van der Waals surface area contributed by atoms with Crippen LogP contribution in [0, 0.1) is 11.6 Å². The molecule has 0 aliphatic heterocycles. The van der Waals surface area contributed by atoms with Gasteiger partial charge in [-0.25, -0.2) is 13.6 Å². The second kappa shape index (κ2) is 5.56. The molecule has 6 heteroatoms. The second-order valence-electron chi connectivity index (χ2n) is 4.05. The molecule has 0 saturated carbocycles. The molecule has 104 valence electrons. The van der Waals surface area contributed by atoms with E-state index in [2.05, 4.69) is 10.1 Å². The largest absolute Gasteiger partial charge is 0.465 e. The minimum Gasteiger partial charge on any atom is -0.465 e. The first-order chi connectivity index (χ1) is 9.51. The topological polar surface area (TPSA) is 64.3 Å². The van der Waals surface area contributed by atoms with Gasteiger partial charge in [-0.15, -0.1) is 0 Å². The molecule has 0 radical (unpaired) electrons. The fraction of sp³-hybridized carbons (Fsp3) is 0.0714. The van der Waals surface area contributed by atoms with Crippen molar-refractivity contribution in [2.24, 2.45) is 0 Å². The van der Waals surface area contributed by atoms with Crippen LogP contribution in [0.3, 0.4) is 0 Å². The van der Waals surface area contributed by atoms with E-state index in [-0.39, 0.29) is 5.56 Å². The van der Waals surface area contributed by atoms with Gasteiger partial charge in [-0.05, 0) is 30.3 Å². The Morgan fingerprint density at radius 1 is 1.15 bits per heavy atom. The lowest BCUT2D eigenvalue weighted by molar-refractivity contribution is 0.0602. The van der Waals surface area contributed by atoms with E-state index in [4.69, 9.17) is 5.73 Å². The predicted molar refractivity (Wildman–Crippen MR) is 71.8 cm³/mol. The zero-order valence-electron chi connectivity index (χ0n) is 10.6. The fourth-order valence-electron chi connectivity index (χ4n) is 1.68. The number of carbonyl (C=O) groups excluding carboxylic acids is 1. The summed E-state index contributed by atoms with van der Waals surface area (Å²) in [5.74, 6) is -2.51. The summed E-state index contributed by atoms with van der Waals surface area (Å²) in [6.45, 7) is 0. The maximum Gasteiger partial charge on any atom is 0.340 e. The molecule has 0 bridgehead atoms. The van der Waals surface area contributed by atoms with Gasteiger partial charge in [-0.3, -0.25) is 0 Å². The van der Waals surface area contributed by atoms with Crippen LogP contribution in [0.15, 0.2) is 36.4 Å². The monoisotopic (exact) mass is 278 g/mol. The van der Waals surface area contributed by atoms with Crippen molar-refractivity contribution in [3.8, 4) is 0 Å². The van der Waals surface area contributed by atoms with Gasteiger partial charge in [0.1, 0.15) is 0 Å². The van der Waals surface area contributed by atoms with Crippen LogP contribution in [-0.2, 0) is 4.74 Å². The van der Waals surface area contributed by atoms with Crippen molar-refractivity contribution in [3.63, 3.8) is 0 Å². The van der Waals surface area contributed by atoms with Crippen LogP contribution < -0.4 is 11.1 Å². The molecule has 0 aromatic heterocycles. The summed E-state index contributed by atoms with van der Waals surface area (Å²) in [6, 6.07) is 7.92. The Morgan fingerprint density at radius 2 is 1.90 bits per heavy atom.